The summed E-state index contributed by atoms with van der Waals surface area (Å²) >= 11 is 0. The average molecular weight is 178 g/mol. The lowest BCUT2D eigenvalue weighted by Crippen LogP contribution is -2.09. The van der Waals surface area contributed by atoms with E-state index in [0.29, 0.717) is 6.61 Å². The molecule has 0 aromatic heterocycles. The first-order valence-electron chi connectivity index (χ1n) is 4.16. The Hall–Kier alpha value is -1.51. The van der Waals surface area contributed by atoms with Crippen LogP contribution in [0, 0.1) is 0 Å². The average Bonchev–Trinajstić information content (AvgIpc) is 2.48. The van der Waals surface area contributed by atoms with Crippen molar-refractivity contribution in [2.24, 2.45) is 0 Å². The topological polar surface area (TPSA) is 35.5 Å². The molecule has 68 valence electrons. The van der Waals surface area contributed by atoms with E-state index >= 15 is 0 Å². The van der Waals surface area contributed by atoms with Crippen molar-refractivity contribution in [3.8, 4) is 5.75 Å². The Labute approximate surface area is 76.3 Å². The molecule has 1 aromatic carbocycles. The van der Waals surface area contributed by atoms with Gasteiger partial charge in [-0.2, -0.15) is 0 Å². The Morgan fingerprint density at radius 1 is 1.54 bits per heavy atom. The predicted molar refractivity (Wildman–Crippen MR) is 46.4 cm³/mol. The minimum atomic E-state index is -0.273. The molecule has 0 spiro atoms. The summed E-state index contributed by atoms with van der Waals surface area (Å²) in [6.45, 7) is 1.83. The van der Waals surface area contributed by atoms with Crippen LogP contribution >= 0.6 is 0 Å². The number of ether oxygens (including phenoxy) is 2. The van der Waals surface area contributed by atoms with Gasteiger partial charge in [-0.15, -0.1) is 0 Å². The van der Waals surface area contributed by atoms with E-state index in [9.17, 15) is 4.79 Å². The van der Waals surface area contributed by atoms with Crippen LogP contribution < -0.4 is 4.74 Å². The molecule has 1 heterocycles. The number of esters is 1. The molecule has 3 heteroatoms. The maximum absolute atomic E-state index is 10.7. The minimum Gasteiger partial charge on any atom is -0.489 e. The van der Waals surface area contributed by atoms with Crippen LogP contribution in [0.5, 0.6) is 5.75 Å². The third-order valence-electron chi connectivity index (χ3n) is 1.96. The normalized spacial score (nSPS) is 19.0. The Morgan fingerprint density at radius 3 is 3.08 bits per heavy atom. The molecule has 0 amide bonds. The van der Waals surface area contributed by atoms with Gasteiger partial charge in [0.2, 0.25) is 0 Å². The predicted octanol–water partition coefficient (Wildman–Crippen LogP) is 1.68. The molecule has 0 fully saturated rings. The summed E-state index contributed by atoms with van der Waals surface area (Å²) in [6.07, 6.45) is -0.228. The second-order valence-corrected chi connectivity index (χ2v) is 2.95. The zero-order chi connectivity index (χ0) is 9.26. The van der Waals surface area contributed by atoms with Crippen LogP contribution in [-0.4, -0.2) is 12.6 Å². The van der Waals surface area contributed by atoms with Gasteiger partial charge in [-0.05, 0) is 6.07 Å². The van der Waals surface area contributed by atoms with Gasteiger partial charge in [0.05, 0.1) is 0 Å². The summed E-state index contributed by atoms with van der Waals surface area (Å²) in [7, 11) is 0. The van der Waals surface area contributed by atoms with E-state index in [-0.39, 0.29) is 12.1 Å². The fraction of sp³-hybridized carbons (Fsp3) is 0.300. The largest absolute Gasteiger partial charge is 0.489 e. The summed E-state index contributed by atoms with van der Waals surface area (Å²) in [6, 6.07) is 7.59. The van der Waals surface area contributed by atoms with Crippen molar-refractivity contribution in [2.45, 2.75) is 13.0 Å². The zero-order valence-corrected chi connectivity index (χ0v) is 7.32. The van der Waals surface area contributed by atoms with Gasteiger partial charge < -0.3 is 9.47 Å². The maximum atomic E-state index is 10.7. The molecule has 0 saturated carbocycles. The van der Waals surface area contributed by atoms with Crippen LogP contribution in [-0.2, 0) is 9.53 Å². The fourth-order valence-corrected chi connectivity index (χ4v) is 1.43. The molecule has 0 N–H and O–H groups in total. The first-order valence-corrected chi connectivity index (χ1v) is 4.16. The van der Waals surface area contributed by atoms with Crippen molar-refractivity contribution in [1.82, 2.24) is 0 Å². The lowest BCUT2D eigenvalue weighted by molar-refractivity contribution is -0.147. The van der Waals surface area contributed by atoms with Crippen molar-refractivity contribution in [1.29, 1.82) is 0 Å². The third kappa shape index (κ3) is 1.49. The fourth-order valence-electron chi connectivity index (χ4n) is 1.43. The van der Waals surface area contributed by atoms with Crippen LogP contribution in [0.1, 0.15) is 18.6 Å². The second kappa shape index (κ2) is 3.09. The highest BCUT2D eigenvalue weighted by Crippen LogP contribution is 2.33. The Balaban J connectivity index is 2.23. The highest BCUT2D eigenvalue weighted by molar-refractivity contribution is 5.66. The molecule has 1 aliphatic rings. The van der Waals surface area contributed by atoms with E-state index in [0.717, 1.165) is 11.3 Å². The van der Waals surface area contributed by atoms with Crippen molar-refractivity contribution in [3.63, 3.8) is 0 Å². The zero-order valence-electron chi connectivity index (χ0n) is 7.32. The molecule has 1 atom stereocenters. The number of fused-ring (bicyclic) bond motifs is 1. The first kappa shape index (κ1) is 8.10. The molecule has 1 aromatic rings. The monoisotopic (exact) mass is 178 g/mol. The van der Waals surface area contributed by atoms with E-state index in [2.05, 4.69) is 0 Å². The lowest BCUT2D eigenvalue weighted by atomic mass is 10.1. The number of hydrogen-bond acceptors (Lipinski definition) is 3. The third-order valence-corrected chi connectivity index (χ3v) is 1.96. The van der Waals surface area contributed by atoms with Crippen LogP contribution in [0.25, 0.3) is 0 Å². The number of rotatable bonds is 1. The van der Waals surface area contributed by atoms with E-state index in [4.69, 9.17) is 9.47 Å². The molecule has 2 rings (SSSR count). The van der Waals surface area contributed by atoms with Gasteiger partial charge in [0.15, 0.2) is 6.10 Å². The smallest absolute Gasteiger partial charge is 0.303 e. The van der Waals surface area contributed by atoms with Gasteiger partial charge in [-0.3, -0.25) is 4.79 Å². The summed E-state index contributed by atoms with van der Waals surface area (Å²) in [5, 5.41) is 0. The van der Waals surface area contributed by atoms with Crippen LogP contribution in [0.3, 0.4) is 0 Å². The number of para-hydroxylation sites is 1. The Bertz CT molecular complexity index is 333. The SMILES string of the molecule is CC(=O)O[C@@H]1COc2ccccc21. The standard InChI is InChI=1S/C10H10O3/c1-7(11)13-10-6-12-9-5-3-2-4-8(9)10/h2-5,10H,6H2,1H3/t10-/m1/s1. The number of carbonyl (C=O) groups is 1. The van der Waals surface area contributed by atoms with E-state index in [1.54, 1.807) is 0 Å². The van der Waals surface area contributed by atoms with Gasteiger partial charge in [0.1, 0.15) is 12.4 Å². The number of hydrogen-bond donors (Lipinski definition) is 0. The van der Waals surface area contributed by atoms with Gasteiger partial charge in [-0.1, -0.05) is 18.2 Å². The molecular weight excluding hydrogens is 168 g/mol. The molecule has 13 heavy (non-hydrogen) atoms. The Morgan fingerprint density at radius 2 is 2.31 bits per heavy atom. The quantitative estimate of drug-likeness (QED) is 0.614. The number of carbonyl (C=O) groups excluding carboxylic acids is 1. The lowest BCUT2D eigenvalue weighted by Gasteiger charge is -2.07. The molecule has 0 radical (unpaired) electrons. The van der Waals surface area contributed by atoms with Crippen LogP contribution in [0.15, 0.2) is 24.3 Å². The summed E-state index contributed by atoms with van der Waals surface area (Å²) < 4.78 is 10.4. The molecular formula is C10H10O3. The molecule has 3 nitrogen and oxygen atoms in total. The van der Waals surface area contributed by atoms with Crippen molar-refractivity contribution >= 4 is 5.97 Å². The molecule has 0 bridgehead atoms. The number of benzene rings is 1. The molecule has 0 unspecified atom stereocenters. The van der Waals surface area contributed by atoms with Gasteiger partial charge in [0, 0.05) is 12.5 Å². The van der Waals surface area contributed by atoms with Crippen molar-refractivity contribution in [3.05, 3.63) is 29.8 Å². The highest BCUT2D eigenvalue weighted by Gasteiger charge is 2.25. The summed E-state index contributed by atoms with van der Waals surface area (Å²) in [5.74, 6) is 0.541. The first-order chi connectivity index (χ1) is 6.27. The van der Waals surface area contributed by atoms with E-state index < -0.39 is 0 Å². The molecule has 1 aliphatic heterocycles. The summed E-state index contributed by atoms with van der Waals surface area (Å²) in [5.41, 5.74) is 0.956. The molecule has 0 saturated heterocycles. The molecule has 0 aliphatic carbocycles. The second-order valence-electron chi connectivity index (χ2n) is 2.95. The van der Waals surface area contributed by atoms with Crippen molar-refractivity contribution in [2.75, 3.05) is 6.61 Å². The van der Waals surface area contributed by atoms with E-state index in [1.807, 2.05) is 24.3 Å². The van der Waals surface area contributed by atoms with Crippen molar-refractivity contribution < 1.29 is 14.3 Å². The van der Waals surface area contributed by atoms with Gasteiger partial charge in [-0.25, -0.2) is 0 Å². The van der Waals surface area contributed by atoms with Crippen LogP contribution in [0.4, 0.5) is 0 Å². The van der Waals surface area contributed by atoms with Gasteiger partial charge >= 0.3 is 5.97 Å². The minimum absolute atomic E-state index is 0.228. The van der Waals surface area contributed by atoms with E-state index in [1.165, 1.54) is 6.92 Å². The van der Waals surface area contributed by atoms with Crippen LogP contribution in [0.2, 0.25) is 0 Å². The highest BCUT2D eigenvalue weighted by atomic mass is 16.6. The maximum Gasteiger partial charge on any atom is 0.303 e. The summed E-state index contributed by atoms with van der Waals surface area (Å²) in [4.78, 5) is 10.7. The van der Waals surface area contributed by atoms with Gasteiger partial charge in [0.25, 0.3) is 0 Å². The Kier molecular flexibility index (Phi) is 1.93.